The smallest absolute Gasteiger partial charge is 0.191 e. The molecule has 0 aliphatic carbocycles. The number of morpholine rings is 1. The van der Waals surface area contributed by atoms with E-state index in [4.69, 9.17) is 19.2 Å². The lowest BCUT2D eigenvalue weighted by Crippen LogP contribution is -2.52. The quantitative estimate of drug-likeness (QED) is 0.426. The van der Waals surface area contributed by atoms with Crippen molar-refractivity contribution in [2.45, 2.75) is 58.9 Å². The molecule has 0 radical (unpaired) electrons. The first kappa shape index (κ1) is 25.0. The van der Waals surface area contributed by atoms with Gasteiger partial charge in [0.1, 0.15) is 0 Å². The fraction of sp³-hybridized carbons (Fsp3) is 0.720. The fourth-order valence-corrected chi connectivity index (χ4v) is 4.28. The van der Waals surface area contributed by atoms with Crippen LogP contribution in [-0.4, -0.2) is 75.6 Å². The molecule has 0 saturated carbocycles. The summed E-state index contributed by atoms with van der Waals surface area (Å²) >= 11 is 0. The molecule has 0 aromatic heterocycles. The van der Waals surface area contributed by atoms with Crippen LogP contribution in [0.5, 0.6) is 0 Å². The predicted molar refractivity (Wildman–Crippen MR) is 129 cm³/mol. The summed E-state index contributed by atoms with van der Waals surface area (Å²) < 4.78 is 17.0. The van der Waals surface area contributed by atoms with E-state index >= 15 is 0 Å². The number of guanidine groups is 1. The van der Waals surface area contributed by atoms with Gasteiger partial charge < -0.3 is 24.8 Å². The summed E-state index contributed by atoms with van der Waals surface area (Å²) in [5.41, 5.74) is 2.40. The van der Waals surface area contributed by atoms with Crippen LogP contribution >= 0.6 is 0 Å². The van der Waals surface area contributed by atoms with Gasteiger partial charge in [-0.15, -0.1) is 0 Å². The van der Waals surface area contributed by atoms with E-state index in [0.717, 1.165) is 71.4 Å². The highest BCUT2D eigenvalue weighted by Crippen LogP contribution is 2.15. The number of hydrogen-bond acceptors (Lipinski definition) is 5. The molecule has 7 heteroatoms. The average Bonchev–Trinajstić information content (AvgIpc) is 2.83. The lowest BCUT2D eigenvalue weighted by molar-refractivity contribution is -0.0390. The Morgan fingerprint density at radius 1 is 1.09 bits per heavy atom. The molecule has 1 atom stereocenters. The molecule has 7 nitrogen and oxygen atoms in total. The molecule has 0 spiro atoms. The summed E-state index contributed by atoms with van der Waals surface area (Å²) in [6.07, 6.45) is 2.29. The van der Waals surface area contributed by atoms with Crippen LogP contribution in [0.4, 0.5) is 0 Å². The zero-order chi connectivity index (χ0) is 22.6. The van der Waals surface area contributed by atoms with Crippen molar-refractivity contribution in [1.29, 1.82) is 0 Å². The number of rotatable bonds is 10. The maximum Gasteiger partial charge on any atom is 0.191 e. The van der Waals surface area contributed by atoms with Crippen molar-refractivity contribution in [2.75, 3.05) is 52.6 Å². The number of ether oxygens (including phenoxy) is 3. The summed E-state index contributed by atoms with van der Waals surface area (Å²) in [5.74, 6) is 1.44. The molecule has 1 aromatic carbocycles. The second kappa shape index (κ2) is 13.8. The highest BCUT2D eigenvalue weighted by molar-refractivity contribution is 5.79. The molecule has 2 aliphatic rings. The summed E-state index contributed by atoms with van der Waals surface area (Å²) in [7, 11) is 0. The van der Waals surface area contributed by atoms with Crippen LogP contribution in [-0.2, 0) is 27.4 Å². The number of benzene rings is 1. The van der Waals surface area contributed by atoms with E-state index in [1.807, 2.05) is 0 Å². The van der Waals surface area contributed by atoms with Crippen molar-refractivity contribution < 1.29 is 14.2 Å². The van der Waals surface area contributed by atoms with Gasteiger partial charge in [-0.1, -0.05) is 38.1 Å². The molecular weight excluding hydrogens is 404 g/mol. The molecule has 0 amide bonds. The Hall–Kier alpha value is -1.67. The fourth-order valence-electron chi connectivity index (χ4n) is 4.28. The van der Waals surface area contributed by atoms with Crippen LogP contribution in [0, 0.1) is 5.92 Å². The van der Waals surface area contributed by atoms with E-state index in [-0.39, 0.29) is 0 Å². The SMILES string of the molecule is CCNC(=NCc1cccc(COC2CCOCC2)c1)NCC(C(C)C)N1CCOCC1. The van der Waals surface area contributed by atoms with E-state index in [9.17, 15) is 0 Å². The molecule has 1 unspecified atom stereocenters. The molecule has 2 aliphatic heterocycles. The summed E-state index contributed by atoms with van der Waals surface area (Å²) in [6.45, 7) is 15.0. The summed E-state index contributed by atoms with van der Waals surface area (Å²) in [6, 6.07) is 9.03. The maximum absolute atomic E-state index is 6.08. The van der Waals surface area contributed by atoms with Crippen molar-refractivity contribution in [3.8, 4) is 0 Å². The van der Waals surface area contributed by atoms with Crippen LogP contribution in [0.1, 0.15) is 44.7 Å². The molecule has 1 aromatic rings. The zero-order valence-corrected chi connectivity index (χ0v) is 20.1. The Kier molecular flexibility index (Phi) is 10.8. The Balaban J connectivity index is 1.53. The first-order valence-corrected chi connectivity index (χ1v) is 12.3. The van der Waals surface area contributed by atoms with E-state index in [0.29, 0.717) is 31.2 Å². The molecule has 2 heterocycles. The number of hydrogen-bond donors (Lipinski definition) is 2. The predicted octanol–water partition coefficient (Wildman–Crippen LogP) is 2.79. The van der Waals surface area contributed by atoms with Gasteiger partial charge in [-0.3, -0.25) is 4.90 Å². The van der Waals surface area contributed by atoms with E-state index in [1.165, 1.54) is 11.1 Å². The molecule has 2 fully saturated rings. The molecular formula is C25H42N4O3. The highest BCUT2D eigenvalue weighted by atomic mass is 16.5. The number of nitrogens with one attached hydrogen (secondary N) is 2. The van der Waals surface area contributed by atoms with Gasteiger partial charge in [0.25, 0.3) is 0 Å². The van der Waals surface area contributed by atoms with E-state index in [1.54, 1.807) is 0 Å². The van der Waals surface area contributed by atoms with Crippen LogP contribution in [0.25, 0.3) is 0 Å². The van der Waals surface area contributed by atoms with Gasteiger partial charge in [-0.25, -0.2) is 4.99 Å². The molecule has 2 saturated heterocycles. The van der Waals surface area contributed by atoms with Crippen LogP contribution in [0.2, 0.25) is 0 Å². The van der Waals surface area contributed by atoms with Gasteiger partial charge in [0.2, 0.25) is 0 Å². The summed E-state index contributed by atoms with van der Waals surface area (Å²) in [5, 5.41) is 6.96. The first-order chi connectivity index (χ1) is 15.7. The molecule has 32 heavy (non-hydrogen) atoms. The second-order valence-corrected chi connectivity index (χ2v) is 8.98. The van der Waals surface area contributed by atoms with Gasteiger partial charge in [-0.2, -0.15) is 0 Å². The standard InChI is InChI=1S/C25H42N4O3/c1-4-26-25(28-18-24(20(2)3)29-10-14-31-15-11-29)27-17-21-6-5-7-22(16-21)19-32-23-8-12-30-13-9-23/h5-7,16,20,23-24H,4,8-15,17-19H2,1-3H3,(H2,26,27,28). The topological polar surface area (TPSA) is 67.4 Å². The first-order valence-electron chi connectivity index (χ1n) is 12.3. The van der Waals surface area contributed by atoms with Crippen LogP contribution in [0.3, 0.4) is 0 Å². The minimum absolute atomic E-state index is 0.315. The molecule has 180 valence electrons. The van der Waals surface area contributed by atoms with E-state index in [2.05, 4.69) is 60.6 Å². The van der Waals surface area contributed by atoms with E-state index < -0.39 is 0 Å². The van der Waals surface area contributed by atoms with Gasteiger partial charge >= 0.3 is 0 Å². The van der Waals surface area contributed by atoms with Crippen molar-refractivity contribution in [3.63, 3.8) is 0 Å². The minimum atomic E-state index is 0.315. The van der Waals surface area contributed by atoms with Crippen molar-refractivity contribution in [1.82, 2.24) is 15.5 Å². The Morgan fingerprint density at radius 2 is 1.81 bits per heavy atom. The maximum atomic E-state index is 6.08. The highest BCUT2D eigenvalue weighted by Gasteiger charge is 2.23. The lowest BCUT2D eigenvalue weighted by atomic mass is 10.0. The second-order valence-electron chi connectivity index (χ2n) is 8.98. The number of aliphatic imine (C=N–C) groups is 1. The largest absolute Gasteiger partial charge is 0.381 e. The third-order valence-corrected chi connectivity index (χ3v) is 6.17. The van der Waals surface area contributed by atoms with Crippen LogP contribution in [0.15, 0.2) is 29.3 Å². The minimum Gasteiger partial charge on any atom is -0.381 e. The Morgan fingerprint density at radius 3 is 2.53 bits per heavy atom. The van der Waals surface area contributed by atoms with Crippen LogP contribution < -0.4 is 10.6 Å². The lowest BCUT2D eigenvalue weighted by Gasteiger charge is -2.37. The molecule has 0 bridgehead atoms. The van der Waals surface area contributed by atoms with Crippen molar-refractivity contribution in [3.05, 3.63) is 35.4 Å². The third kappa shape index (κ3) is 8.35. The average molecular weight is 447 g/mol. The number of nitrogens with zero attached hydrogens (tertiary/aromatic N) is 2. The Bertz CT molecular complexity index is 686. The van der Waals surface area contributed by atoms with Gasteiger partial charge in [0, 0.05) is 45.4 Å². The third-order valence-electron chi connectivity index (χ3n) is 6.17. The molecule has 2 N–H and O–H groups in total. The summed E-state index contributed by atoms with van der Waals surface area (Å²) in [4.78, 5) is 7.38. The monoisotopic (exact) mass is 446 g/mol. The van der Waals surface area contributed by atoms with Gasteiger partial charge in [0.05, 0.1) is 32.5 Å². The van der Waals surface area contributed by atoms with Gasteiger partial charge in [-0.05, 0) is 36.8 Å². The zero-order valence-electron chi connectivity index (χ0n) is 20.1. The van der Waals surface area contributed by atoms with Crippen molar-refractivity contribution >= 4 is 5.96 Å². The normalized spacial score (nSPS) is 19.8. The molecule has 3 rings (SSSR count). The van der Waals surface area contributed by atoms with Gasteiger partial charge in [0.15, 0.2) is 5.96 Å². The van der Waals surface area contributed by atoms with Crippen molar-refractivity contribution in [2.24, 2.45) is 10.9 Å². The Labute approximate surface area is 193 Å².